The Kier molecular flexibility index (Phi) is 5.90. The second-order valence-electron chi connectivity index (χ2n) is 9.04. The zero-order valence-corrected chi connectivity index (χ0v) is 21.9. The molecule has 1 N–H and O–H groups in total. The molecule has 4 aromatic rings. The molecule has 2 aliphatic rings. The minimum Gasteiger partial charge on any atom is -0.497 e. The molecule has 3 heterocycles. The minimum absolute atomic E-state index is 0.111. The van der Waals surface area contributed by atoms with Crippen molar-refractivity contribution in [2.75, 3.05) is 12.4 Å². The van der Waals surface area contributed by atoms with Crippen LogP contribution in [0.4, 0.5) is 10.5 Å². The third-order valence-corrected chi connectivity index (χ3v) is 8.77. The second-order valence-corrected chi connectivity index (χ2v) is 11.0. The molecule has 0 bridgehead atoms. The second kappa shape index (κ2) is 9.21. The fourth-order valence-corrected chi connectivity index (χ4v) is 7.09. The van der Waals surface area contributed by atoms with Gasteiger partial charge in [0.15, 0.2) is 0 Å². The van der Waals surface area contributed by atoms with Gasteiger partial charge in [-0.15, -0.1) is 11.3 Å². The summed E-state index contributed by atoms with van der Waals surface area (Å²) < 4.78 is 8.64. The lowest BCUT2D eigenvalue weighted by atomic mass is 9.95. The number of halogens is 1. The lowest BCUT2D eigenvalue weighted by Gasteiger charge is -2.31. The molecule has 6 rings (SSSR count). The molecule has 0 spiro atoms. The molecule has 35 heavy (non-hydrogen) atoms. The Morgan fingerprint density at radius 2 is 1.89 bits per heavy atom. The van der Waals surface area contributed by atoms with Gasteiger partial charge in [0.2, 0.25) is 0 Å². The quantitative estimate of drug-likeness (QED) is 0.292. The molecule has 0 saturated carbocycles. The van der Waals surface area contributed by atoms with Crippen LogP contribution >= 0.6 is 27.3 Å². The van der Waals surface area contributed by atoms with E-state index >= 15 is 0 Å². The van der Waals surface area contributed by atoms with E-state index in [2.05, 4.69) is 56.3 Å². The van der Waals surface area contributed by atoms with E-state index in [9.17, 15) is 4.79 Å². The van der Waals surface area contributed by atoms with Gasteiger partial charge in [-0.2, -0.15) is 0 Å². The summed E-state index contributed by atoms with van der Waals surface area (Å²) in [7, 11) is 1.67. The normalized spacial score (nSPS) is 16.6. The molecular formula is C28H26BrN3O2S. The van der Waals surface area contributed by atoms with Gasteiger partial charge < -0.3 is 19.5 Å². The monoisotopic (exact) mass is 547 g/mol. The maximum atomic E-state index is 13.9. The van der Waals surface area contributed by atoms with Crippen molar-refractivity contribution in [1.82, 2.24) is 9.47 Å². The van der Waals surface area contributed by atoms with Crippen LogP contribution in [0.3, 0.4) is 0 Å². The van der Waals surface area contributed by atoms with Crippen LogP contribution in [0.25, 0.3) is 5.00 Å². The standard InChI is InChI=1S/C28H26BrN3O2S/c1-34-21-13-11-18(12-14-21)26-24-9-5-15-31(24)27-23(22-8-2-3-10-25(22)35-27)17-32(26)28(33)30-20-7-4-6-19(29)16-20/h4-7,9,11-16,26H,2-3,8,10,17H2,1H3,(H,30,33)/t26-/m0/s1. The van der Waals surface area contributed by atoms with Crippen LogP contribution in [-0.2, 0) is 19.4 Å². The fraction of sp³-hybridized carbons (Fsp3) is 0.250. The lowest BCUT2D eigenvalue weighted by Crippen LogP contribution is -2.38. The van der Waals surface area contributed by atoms with E-state index in [1.165, 1.54) is 33.8 Å². The van der Waals surface area contributed by atoms with Gasteiger partial charge in [-0.05, 0) is 79.3 Å². The number of methoxy groups -OCH3 is 1. The summed E-state index contributed by atoms with van der Waals surface area (Å²) in [6.45, 7) is 0.569. The first-order valence-electron chi connectivity index (χ1n) is 11.9. The third-order valence-electron chi connectivity index (χ3n) is 6.95. The molecule has 1 aliphatic carbocycles. The van der Waals surface area contributed by atoms with E-state index in [1.807, 2.05) is 52.6 Å². The van der Waals surface area contributed by atoms with E-state index in [0.717, 1.165) is 40.0 Å². The number of rotatable bonds is 3. The highest BCUT2D eigenvalue weighted by Crippen LogP contribution is 2.44. The average molecular weight is 549 g/mol. The number of hydrogen-bond acceptors (Lipinski definition) is 3. The first kappa shape index (κ1) is 22.4. The molecule has 1 atom stereocenters. The van der Waals surface area contributed by atoms with Crippen molar-refractivity contribution in [3.63, 3.8) is 0 Å². The van der Waals surface area contributed by atoms with Crippen LogP contribution < -0.4 is 10.1 Å². The number of fused-ring (bicyclic) bond motifs is 5. The molecule has 2 aromatic heterocycles. The largest absolute Gasteiger partial charge is 0.497 e. The highest BCUT2D eigenvalue weighted by molar-refractivity contribution is 9.10. The smallest absolute Gasteiger partial charge is 0.322 e. The molecule has 1 aliphatic heterocycles. The molecule has 5 nitrogen and oxygen atoms in total. The van der Waals surface area contributed by atoms with E-state index in [-0.39, 0.29) is 12.1 Å². The summed E-state index contributed by atoms with van der Waals surface area (Å²) in [5.74, 6) is 0.802. The van der Waals surface area contributed by atoms with Gasteiger partial charge >= 0.3 is 6.03 Å². The van der Waals surface area contributed by atoms with Crippen LogP contribution in [0.2, 0.25) is 0 Å². The van der Waals surface area contributed by atoms with Gasteiger partial charge in [-0.25, -0.2) is 4.79 Å². The number of anilines is 1. The number of nitrogens with zero attached hydrogens (tertiary/aromatic N) is 2. The van der Waals surface area contributed by atoms with Crippen molar-refractivity contribution in [3.05, 3.63) is 98.6 Å². The Morgan fingerprint density at radius 3 is 2.69 bits per heavy atom. The van der Waals surface area contributed by atoms with Gasteiger partial charge in [0, 0.05) is 26.8 Å². The number of hydrogen-bond donors (Lipinski definition) is 1. The van der Waals surface area contributed by atoms with Crippen molar-refractivity contribution in [2.24, 2.45) is 0 Å². The molecule has 178 valence electrons. The number of carbonyl (C=O) groups excluding carboxylic acids is 1. The van der Waals surface area contributed by atoms with Crippen molar-refractivity contribution in [2.45, 2.75) is 38.3 Å². The minimum atomic E-state index is -0.234. The van der Waals surface area contributed by atoms with Gasteiger partial charge in [0.25, 0.3) is 0 Å². The van der Waals surface area contributed by atoms with Crippen LogP contribution in [0.15, 0.2) is 71.3 Å². The summed E-state index contributed by atoms with van der Waals surface area (Å²) >= 11 is 5.42. The first-order valence-corrected chi connectivity index (χ1v) is 13.5. The van der Waals surface area contributed by atoms with Gasteiger partial charge in [-0.1, -0.05) is 34.1 Å². The highest BCUT2D eigenvalue weighted by Gasteiger charge is 2.36. The predicted molar refractivity (Wildman–Crippen MR) is 144 cm³/mol. The number of aromatic nitrogens is 1. The van der Waals surface area contributed by atoms with Crippen LogP contribution in [-0.4, -0.2) is 22.6 Å². The number of amides is 2. The number of benzene rings is 2. The predicted octanol–water partition coefficient (Wildman–Crippen LogP) is 7.33. The summed E-state index contributed by atoms with van der Waals surface area (Å²) in [6.07, 6.45) is 6.82. The number of ether oxygens (including phenoxy) is 1. The zero-order valence-electron chi connectivity index (χ0n) is 19.5. The number of thiophene rings is 1. The number of aryl methyl sites for hydroxylation is 1. The average Bonchev–Trinajstić information content (AvgIpc) is 3.46. The van der Waals surface area contributed by atoms with Gasteiger partial charge in [0.05, 0.1) is 25.4 Å². The Bertz CT molecular complexity index is 1390. The van der Waals surface area contributed by atoms with Gasteiger partial charge in [0.1, 0.15) is 10.8 Å². The van der Waals surface area contributed by atoms with Crippen LogP contribution in [0.1, 0.15) is 46.1 Å². The topological polar surface area (TPSA) is 46.5 Å². The molecular weight excluding hydrogens is 522 g/mol. The summed E-state index contributed by atoms with van der Waals surface area (Å²) in [5, 5.41) is 4.41. The Labute approximate surface area is 217 Å². The maximum absolute atomic E-state index is 13.9. The van der Waals surface area contributed by atoms with E-state index in [1.54, 1.807) is 7.11 Å². The number of urea groups is 1. The molecule has 2 amide bonds. The van der Waals surface area contributed by atoms with E-state index < -0.39 is 0 Å². The maximum Gasteiger partial charge on any atom is 0.322 e. The Balaban J connectivity index is 1.49. The molecule has 0 unspecified atom stereocenters. The van der Waals surface area contributed by atoms with Crippen molar-refractivity contribution in [1.29, 1.82) is 0 Å². The summed E-state index contributed by atoms with van der Waals surface area (Å²) in [6, 6.07) is 19.7. The highest BCUT2D eigenvalue weighted by atomic mass is 79.9. The number of carbonyl (C=O) groups is 1. The molecule has 7 heteroatoms. The molecule has 0 fully saturated rings. The molecule has 0 radical (unpaired) electrons. The molecule has 0 saturated heterocycles. The summed E-state index contributed by atoms with van der Waals surface area (Å²) in [5.41, 5.74) is 5.66. The Morgan fingerprint density at radius 1 is 1.06 bits per heavy atom. The van der Waals surface area contributed by atoms with Gasteiger partial charge in [-0.3, -0.25) is 0 Å². The van der Waals surface area contributed by atoms with E-state index in [0.29, 0.717) is 6.54 Å². The Hall–Kier alpha value is -3.03. The van der Waals surface area contributed by atoms with Crippen molar-refractivity contribution in [3.8, 4) is 10.8 Å². The molecule has 2 aromatic carbocycles. The van der Waals surface area contributed by atoms with Crippen molar-refractivity contribution < 1.29 is 9.53 Å². The van der Waals surface area contributed by atoms with E-state index in [4.69, 9.17) is 4.74 Å². The summed E-state index contributed by atoms with van der Waals surface area (Å²) in [4.78, 5) is 17.4. The fourth-order valence-electron chi connectivity index (χ4n) is 5.29. The SMILES string of the molecule is COc1ccc([C@H]2c3cccn3-c3sc4c(c3CN2C(=O)Nc2cccc(Br)c2)CCCC4)cc1. The van der Waals surface area contributed by atoms with Crippen molar-refractivity contribution >= 4 is 39.0 Å². The first-order chi connectivity index (χ1) is 17.1. The number of nitrogens with one attached hydrogen (secondary N) is 1. The van der Waals surface area contributed by atoms with Crippen LogP contribution in [0.5, 0.6) is 5.75 Å². The third kappa shape index (κ3) is 4.06. The van der Waals surface area contributed by atoms with Crippen LogP contribution in [0, 0.1) is 0 Å². The zero-order chi connectivity index (χ0) is 23.9. The lowest BCUT2D eigenvalue weighted by molar-refractivity contribution is 0.194.